The van der Waals surface area contributed by atoms with Crippen LogP contribution in [0.15, 0.2) is 48.6 Å². The summed E-state index contributed by atoms with van der Waals surface area (Å²) in [6.07, 6.45) is 0. The molecule has 1 heterocycles. The second-order valence-electron chi connectivity index (χ2n) is 6.24. The number of aryl methyl sites for hydroxylation is 1. The molecule has 28 heavy (non-hydrogen) atoms. The molecule has 0 bridgehead atoms. The van der Waals surface area contributed by atoms with Crippen LogP contribution in [-0.4, -0.2) is 45.3 Å². The summed E-state index contributed by atoms with van der Waals surface area (Å²) < 4.78 is 9.96. The average Bonchev–Trinajstić information content (AvgIpc) is 3.09. The maximum Gasteiger partial charge on any atom is 0.338 e. The Kier molecular flexibility index (Phi) is 5.39. The minimum Gasteiger partial charge on any atom is -0.506 e. The number of esters is 2. The highest BCUT2D eigenvalue weighted by atomic mass is 16.6. The number of nitrogens with zero attached hydrogens (tertiary/aromatic N) is 3. The average molecular weight is 381 g/mol. The summed E-state index contributed by atoms with van der Waals surface area (Å²) >= 11 is 0. The molecular weight excluding hydrogens is 362 g/mol. The predicted octanol–water partition coefficient (Wildman–Crippen LogP) is 2.71. The van der Waals surface area contributed by atoms with Crippen molar-refractivity contribution in [2.24, 2.45) is 0 Å². The summed E-state index contributed by atoms with van der Waals surface area (Å²) in [6.45, 7) is 6.78. The number of phenols is 1. The first-order valence-electron chi connectivity index (χ1n) is 8.52. The third-order valence-electron chi connectivity index (χ3n) is 3.86. The van der Waals surface area contributed by atoms with E-state index in [-0.39, 0.29) is 24.5 Å². The topological polar surface area (TPSA) is 104 Å². The minimum absolute atomic E-state index is 0.0508. The van der Waals surface area contributed by atoms with Crippen LogP contribution in [-0.2, 0) is 14.3 Å². The van der Waals surface area contributed by atoms with E-state index in [0.29, 0.717) is 22.3 Å². The Morgan fingerprint density at radius 1 is 1.07 bits per heavy atom. The van der Waals surface area contributed by atoms with Crippen LogP contribution in [0.25, 0.3) is 16.7 Å². The van der Waals surface area contributed by atoms with Crippen molar-refractivity contribution in [3.63, 3.8) is 0 Å². The number of carbonyl (C=O) groups is 2. The van der Waals surface area contributed by atoms with Gasteiger partial charge in [-0.2, -0.15) is 0 Å². The number of fused-ring (bicyclic) bond motifs is 1. The first-order chi connectivity index (χ1) is 13.3. The van der Waals surface area contributed by atoms with E-state index >= 15 is 0 Å². The van der Waals surface area contributed by atoms with Crippen molar-refractivity contribution >= 4 is 23.0 Å². The van der Waals surface area contributed by atoms with E-state index in [1.165, 1.54) is 11.7 Å². The summed E-state index contributed by atoms with van der Waals surface area (Å²) in [4.78, 5) is 24.8. The Hall–Kier alpha value is -3.68. The van der Waals surface area contributed by atoms with E-state index in [2.05, 4.69) is 16.8 Å². The number of hydrogen-bond acceptors (Lipinski definition) is 7. The van der Waals surface area contributed by atoms with Crippen LogP contribution in [0, 0.1) is 6.92 Å². The van der Waals surface area contributed by atoms with Crippen LogP contribution in [0.3, 0.4) is 0 Å². The van der Waals surface area contributed by atoms with Gasteiger partial charge >= 0.3 is 11.9 Å². The molecule has 0 aliphatic heterocycles. The van der Waals surface area contributed by atoms with E-state index in [4.69, 9.17) is 9.47 Å². The molecule has 144 valence electrons. The van der Waals surface area contributed by atoms with Crippen LogP contribution in [0.1, 0.15) is 22.8 Å². The van der Waals surface area contributed by atoms with Crippen molar-refractivity contribution in [1.29, 1.82) is 0 Å². The Bertz CT molecular complexity index is 1070. The van der Waals surface area contributed by atoms with E-state index in [1.807, 2.05) is 6.92 Å². The molecule has 0 fully saturated rings. The van der Waals surface area contributed by atoms with Crippen molar-refractivity contribution in [1.82, 2.24) is 15.0 Å². The van der Waals surface area contributed by atoms with Crippen molar-refractivity contribution in [3.8, 4) is 11.4 Å². The Labute approximate surface area is 161 Å². The van der Waals surface area contributed by atoms with Gasteiger partial charge in [0.15, 0.2) is 0 Å². The number of ether oxygens (including phenoxy) is 2. The smallest absolute Gasteiger partial charge is 0.338 e. The molecular formula is C20H19N3O5. The van der Waals surface area contributed by atoms with Crippen LogP contribution in [0.5, 0.6) is 5.75 Å². The highest BCUT2D eigenvalue weighted by molar-refractivity contribution is 5.93. The third-order valence-corrected chi connectivity index (χ3v) is 3.86. The van der Waals surface area contributed by atoms with Gasteiger partial charge in [-0.15, -0.1) is 15.0 Å². The van der Waals surface area contributed by atoms with E-state index in [9.17, 15) is 14.7 Å². The second kappa shape index (κ2) is 7.91. The zero-order valence-electron chi connectivity index (χ0n) is 15.5. The molecule has 0 atom stereocenters. The molecule has 8 heteroatoms. The lowest BCUT2D eigenvalue weighted by Crippen LogP contribution is -2.14. The fourth-order valence-corrected chi connectivity index (χ4v) is 2.42. The molecule has 1 N–H and O–H groups in total. The molecule has 0 saturated carbocycles. The van der Waals surface area contributed by atoms with Crippen LogP contribution in [0.2, 0.25) is 0 Å². The molecule has 2 aromatic carbocycles. The standard InChI is InChI=1S/C20H19N3O5/c1-12(2)19(25)27-8-9-28-20(26)14-5-6-15-16(11-14)22-23(21-15)17-10-13(3)4-7-18(17)24/h4-7,10-11,24H,1,8-9H2,2-3H3. The Morgan fingerprint density at radius 3 is 2.54 bits per heavy atom. The SMILES string of the molecule is C=C(C)C(=O)OCCOC(=O)c1ccc2nn(-c3cc(C)ccc3O)nc2c1. The zero-order valence-corrected chi connectivity index (χ0v) is 15.5. The largest absolute Gasteiger partial charge is 0.506 e. The number of carbonyl (C=O) groups excluding carboxylic acids is 2. The highest BCUT2D eigenvalue weighted by Gasteiger charge is 2.13. The fourth-order valence-electron chi connectivity index (χ4n) is 2.42. The van der Waals surface area contributed by atoms with E-state index in [0.717, 1.165) is 5.56 Å². The predicted molar refractivity (Wildman–Crippen MR) is 101 cm³/mol. The quantitative estimate of drug-likeness (QED) is 0.398. The van der Waals surface area contributed by atoms with Crippen molar-refractivity contribution in [2.45, 2.75) is 13.8 Å². The minimum atomic E-state index is -0.568. The summed E-state index contributed by atoms with van der Waals surface area (Å²) in [5.74, 6) is -1.05. The van der Waals surface area contributed by atoms with Gasteiger partial charge in [0.25, 0.3) is 0 Å². The molecule has 0 radical (unpaired) electrons. The molecule has 0 aliphatic rings. The Balaban J connectivity index is 1.72. The van der Waals surface area contributed by atoms with Gasteiger partial charge in [0, 0.05) is 5.57 Å². The lowest BCUT2D eigenvalue weighted by Gasteiger charge is -2.06. The van der Waals surface area contributed by atoms with Crippen LogP contribution in [0.4, 0.5) is 0 Å². The normalized spacial score (nSPS) is 10.6. The molecule has 0 spiro atoms. The van der Waals surface area contributed by atoms with Gasteiger partial charge in [0.2, 0.25) is 0 Å². The van der Waals surface area contributed by atoms with Crippen molar-refractivity contribution < 1.29 is 24.2 Å². The van der Waals surface area contributed by atoms with E-state index < -0.39 is 11.9 Å². The summed E-state index contributed by atoms with van der Waals surface area (Å²) in [5.41, 5.74) is 3.00. The second-order valence-corrected chi connectivity index (χ2v) is 6.24. The van der Waals surface area contributed by atoms with Crippen LogP contribution < -0.4 is 0 Å². The highest BCUT2D eigenvalue weighted by Crippen LogP contribution is 2.23. The van der Waals surface area contributed by atoms with E-state index in [1.54, 1.807) is 36.4 Å². The lowest BCUT2D eigenvalue weighted by molar-refractivity contribution is -0.140. The Morgan fingerprint density at radius 2 is 1.79 bits per heavy atom. The van der Waals surface area contributed by atoms with Crippen molar-refractivity contribution in [2.75, 3.05) is 13.2 Å². The number of aromatic nitrogens is 3. The number of phenolic OH excluding ortho intramolecular Hbond substituents is 1. The first kappa shape index (κ1) is 19.1. The van der Waals surface area contributed by atoms with Gasteiger partial charge in [-0.3, -0.25) is 0 Å². The first-order valence-corrected chi connectivity index (χ1v) is 8.52. The fraction of sp³-hybridized carbons (Fsp3) is 0.200. The number of benzene rings is 2. The molecule has 1 aromatic heterocycles. The summed E-state index contributed by atoms with van der Waals surface area (Å²) in [5, 5.41) is 18.7. The van der Waals surface area contributed by atoms with Gasteiger partial charge in [-0.05, 0) is 49.7 Å². The van der Waals surface area contributed by atoms with Crippen molar-refractivity contribution in [3.05, 3.63) is 59.7 Å². The van der Waals surface area contributed by atoms with Gasteiger partial charge in [-0.25, -0.2) is 9.59 Å². The molecule has 0 aliphatic carbocycles. The summed E-state index contributed by atoms with van der Waals surface area (Å²) in [7, 11) is 0. The molecule has 3 rings (SSSR count). The number of hydrogen-bond donors (Lipinski definition) is 1. The van der Waals surface area contributed by atoms with Gasteiger partial charge < -0.3 is 14.6 Å². The third kappa shape index (κ3) is 4.17. The maximum atomic E-state index is 12.2. The van der Waals surface area contributed by atoms with Gasteiger partial charge in [0.1, 0.15) is 35.7 Å². The number of rotatable bonds is 6. The molecule has 0 amide bonds. The lowest BCUT2D eigenvalue weighted by atomic mass is 10.2. The molecule has 0 saturated heterocycles. The zero-order chi connectivity index (χ0) is 20.3. The molecule has 8 nitrogen and oxygen atoms in total. The summed E-state index contributed by atoms with van der Waals surface area (Å²) in [6, 6.07) is 9.87. The van der Waals surface area contributed by atoms with Gasteiger partial charge in [-0.1, -0.05) is 12.6 Å². The number of aromatic hydroxyl groups is 1. The monoisotopic (exact) mass is 381 g/mol. The maximum absolute atomic E-state index is 12.2. The molecule has 0 unspecified atom stereocenters. The van der Waals surface area contributed by atoms with Crippen LogP contribution >= 0.6 is 0 Å². The molecule has 3 aromatic rings. The van der Waals surface area contributed by atoms with Gasteiger partial charge in [0.05, 0.1) is 5.56 Å².